The molecule has 5 heteroatoms. The molecule has 0 spiro atoms. The molecular weight excluding hydrogens is 268 g/mol. The number of esters is 1. The van der Waals surface area contributed by atoms with Crippen LogP contribution in [0.2, 0.25) is 0 Å². The molecule has 2 aromatic rings. The van der Waals surface area contributed by atoms with Crippen molar-refractivity contribution < 1.29 is 14.3 Å². The van der Waals surface area contributed by atoms with E-state index in [1.807, 2.05) is 18.2 Å². The topological polar surface area (TPSA) is 60.8 Å². The molecule has 2 heterocycles. The molecular formula is C16H12N2O3. The summed E-state index contributed by atoms with van der Waals surface area (Å²) in [4.78, 5) is 20.1. The molecule has 0 radical (unpaired) electrons. The minimum atomic E-state index is -0.486. The van der Waals surface area contributed by atoms with E-state index in [0.717, 1.165) is 5.56 Å². The van der Waals surface area contributed by atoms with Crippen LogP contribution in [0.3, 0.4) is 0 Å². The molecule has 1 aliphatic heterocycles. The van der Waals surface area contributed by atoms with Crippen molar-refractivity contribution in [3.8, 4) is 5.75 Å². The summed E-state index contributed by atoms with van der Waals surface area (Å²) in [6, 6.07) is 10.9. The maximum Gasteiger partial charge on any atom is 0.363 e. The highest BCUT2D eigenvalue weighted by atomic mass is 16.6. The Balaban J connectivity index is 1.98. The number of carbonyl (C=O) groups excluding carboxylic acids is 1. The second kappa shape index (κ2) is 5.58. The van der Waals surface area contributed by atoms with Crippen molar-refractivity contribution in [3.05, 3.63) is 65.6 Å². The van der Waals surface area contributed by atoms with E-state index in [0.29, 0.717) is 11.3 Å². The second-order valence-corrected chi connectivity index (χ2v) is 4.32. The minimum absolute atomic E-state index is 0.240. The van der Waals surface area contributed by atoms with Crippen LogP contribution in [-0.2, 0) is 9.53 Å². The van der Waals surface area contributed by atoms with Gasteiger partial charge in [-0.05, 0) is 29.8 Å². The van der Waals surface area contributed by atoms with Crippen LogP contribution in [0.1, 0.15) is 11.1 Å². The van der Waals surface area contributed by atoms with Crippen molar-refractivity contribution in [1.29, 1.82) is 0 Å². The number of benzene rings is 1. The highest BCUT2D eigenvalue weighted by Gasteiger charge is 2.25. The first kappa shape index (κ1) is 13.1. The van der Waals surface area contributed by atoms with Gasteiger partial charge < -0.3 is 9.47 Å². The lowest BCUT2D eigenvalue weighted by molar-refractivity contribution is -0.129. The first-order valence-corrected chi connectivity index (χ1v) is 6.34. The van der Waals surface area contributed by atoms with Gasteiger partial charge in [0.25, 0.3) is 0 Å². The van der Waals surface area contributed by atoms with Gasteiger partial charge in [0.05, 0.1) is 12.7 Å². The van der Waals surface area contributed by atoms with Crippen LogP contribution >= 0.6 is 0 Å². The third-order valence-electron chi connectivity index (χ3n) is 2.95. The third kappa shape index (κ3) is 2.67. The molecule has 0 atom stereocenters. The Hall–Kier alpha value is -2.95. The highest BCUT2D eigenvalue weighted by Crippen LogP contribution is 2.24. The average Bonchev–Trinajstić information content (AvgIpc) is 2.89. The Bertz CT molecular complexity index is 736. The standard InChI is InChI=1S/C16H12N2O3/c1-20-14-7-3-2-6-12(14)15-18-13(16(19)21-15)9-11-5-4-8-17-10-11/h2-10H,1H3. The van der Waals surface area contributed by atoms with E-state index in [2.05, 4.69) is 9.98 Å². The third-order valence-corrected chi connectivity index (χ3v) is 2.95. The summed E-state index contributed by atoms with van der Waals surface area (Å²) >= 11 is 0. The number of hydrogen-bond acceptors (Lipinski definition) is 5. The molecule has 0 unspecified atom stereocenters. The Morgan fingerprint density at radius 3 is 2.81 bits per heavy atom. The van der Waals surface area contributed by atoms with Crippen LogP contribution < -0.4 is 4.74 Å². The molecule has 0 aliphatic carbocycles. The van der Waals surface area contributed by atoms with E-state index in [-0.39, 0.29) is 11.6 Å². The van der Waals surface area contributed by atoms with Crippen molar-refractivity contribution in [2.45, 2.75) is 0 Å². The molecule has 0 fully saturated rings. The van der Waals surface area contributed by atoms with Crippen molar-refractivity contribution in [3.63, 3.8) is 0 Å². The van der Waals surface area contributed by atoms with Crippen LogP contribution in [-0.4, -0.2) is 24.0 Å². The summed E-state index contributed by atoms with van der Waals surface area (Å²) < 4.78 is 10.5. The quantitative estimate of drug-likeness (QED) is 0.640. The van der Waals surface area contributed by atoms with Gasteiger partial charge in [-0.15, -0.1) is 0 Å². The predicted molar refractivity (Wildman–Crippen MR) is 77.8 cm³/mol. The maximum absolute atomic E-state index is 11.9. The van der Waals surface area contributed by atoms with E-state index < -0.39 is 5.97 Å². The zero-order valence-corrected chi connectivity index (χ0v) is 11.3. The molecule has 21 heavy (non-hydrogen) atoms. The molecule has 0 amide bonds. The first-order chi connectivity index (χ1) is 10.3. The molecule has 0 saturated carbocycles. The van der Waals surface area contributed by atoms with Gasteiger partial charge in [-0.25, -0.2) is 9.79 Å². The smallest absolute Gasteiger partial charge is 0.363 e. The summed E-state index contributed by atoms with van der Waals surface area (Å²) in [6.07, 6.45) is 4.95. The summed E-state index contributed by atoms with van der Waals surface area (Å²) in [5.41, 5.74) is 1.67. The zero-order chi connectivity index (χ0) is 14.7. The van der Waals surface area contributed by atoms with E-state index in [1.54, 1.807) is 43.8 Å². The number of pyridine rings is 1. The first-order valence-electron chi connectivity index (χ1n) is 6.34. The van der Waals surface area contributed by atoms with Crippen molar-refractivity contribution >= 4 is 17.9 Å². The molecule has 5 nitrogen and oxygen atoms in total. The fourth-order valence-electron chi connectivity index (χ4n) is 1.96. The van der Waals surface area contributed by atoms with Crippen LogP contribution in [0, 0.1) is 0 Å². The summed E-state index contributed by atoms with van der Waals surface area (Å²) in [7, 11) is 1.56. The maximum atomic E-state index is 11.9. The Labute approximate surface area is 121 Å². The van der Waals surface area contributed by atoms with Crippen LogP contribution in [0.4, 0.5) is 0 Å². The number of carbonyl (C=O) groups is 1. The lowest BCUT2D eigenvalue weighted by Crippen LogP contribution is -2.06. The van der Waals surface area contributed by atoms with Gasteiger partial charge in [-0.3, -0.25) is 4.98 Å². The summed E-state index contributed by atoms with van der Waals surface area (Å²) in [5, 5.41) is 0. The monoisotopic (exact) mass is 280 g/mol. The van der Waals surface area contributed by atoms with Gasteiger partial charge >= 0.3 is 5.97 Å². The van der Waals surface area contributed by atoms with Crippen LogP contribution in [0.15, 0.2) is 59.5 Å². The van der Waals surface area contributed by atoms with Crippen molar-refractivity contribution in [2.75, 3.05) is 7.11 Å². The largest absolute Gasteiger partial charge is 0.496 e. The molecule has 1 aromatic carbocycles. The summed E-state index contributed by atoms with van der Waals surface area (Å²) in [6.45, 7) is 0. The number of hydrogen-bond donors (Lipinski definition) is 0. The average molecular weight is 280 g/mol. The number of methoxy groups -OCH3 is 1. The molecule has 0 bridgehead atoms. The summed E-state index contributed by atoms with van der Waals surface area (Å²) in [5.74, 6) is 0.360. The van der Waals surface area contributed by atoms with Gasteiger partial charge in [-0.1, -0.05) is 18.2 Å². The molecule has 104 valence electrons. The van der Waals surface area contributed by atoms with Gasteiger partial charge in [0.1, 0.15) is 5.75 Å². The van der Waals surface area contributed by atoms with Gasteiger partial charge in [-0.2, -0.15) is 0 Å². The fraction of sp³-hybridized carbons (Fsp3) is 0.0625. The number of ether oxygens (including phenoxy) is 2. The molecule has 1 aromatic heterocycles. The molecule has 1 aliphatic rings. The van der Waals surface area contributed by atoms with E-state index in [1.165, 1.54) is 0 Å². The lowest BCUT2D eigenvalue weighted by atomic mass is 10.2. The minimum Gasteiger partial charge on any atom is -0.496 e. The van der Waals surface area contributed by atoms with Crippen molar-refractivity contribution in [1.82, 2.24) is 4.98 Å². The number of rotatable bonds is 3. The van der Waals surface area contributed by atoms with E-state index in [4.69, 9.17) is 9.47 Å². The fourth-order valence-corrected chi connectivity index (χ4v) is 1.96. The van der Waals surface area contributed by atoms with Crippen molar-refractivity contribution in [2.24, 2.45) is 4.99 Å². The molecule has 0 saturated heterocycles. The Morgan fingerprint density at radius 1 is 1.19 bits per heavy atom. The van der Waals surface area contributed by atoms with E-state index >= 15 is 0 Å². The number of para-hydroxylation sites is 1. The van der Waals surface area contributed by atoms with Gasteiger partial charge in [0, 0.05) is 12.4 Å². The van der Waals surface area contributed by atoms with Crippen LogP contribution in [0.25, 0.3) is 6.08 Å². The lowest BCUT2D eigenvalue weighted by Gasteiger charge is -2.05. The van der Waals surface area contributed by atoms with E-state index in [9.17, 15) is 4.79 Å². The van der Waals surface area contributed by atoms with Crippen LogP contribution in [0.5, 0.6) is 5.75 Å². The SMILES string of the molecule is COc1ccccc1C1=NC(=Cc2cccnc2)C(=O)O1. The Kier molecular flexibility index (Phi) is 3.47. The van der Waals surface area contributed by atoms with Gasteiger partial charge in [0.2, 0.25) is 5.90 Å². The second-order valence-electron chi connectivity index (χ2n) is 4.32. The van der Waals surface area contributed by atoms with Gasteiger partial charge in [0.15, 0.2) is 5.70 Å². The number of aliphatic imine (C=N–C) groups is 1. The number of nitrogens with zero attached hydrogens (tertiary/aromatic N) is 2. The zero-order valence-electron chi connectivity index (χ0n) is 11.3. The normalized spacial score (nSPS) is 15.8. The number of aromatic nitrogens is 1. The highest BCUT2D eigenvalue weighted by molar-refractivity contribution is 6.13. The predicted octanol–water partition coefficient (Wildman–Crippen LogP) is 2.43. The molecule has 3 rings (SSSR count). The number of cyclic esters (lactones) is 1. The Morgan fingerprint density at radius 2 is 2.05 bits per heavy atom. The molecule has 0 N–H and O–H groups in total.